The highest BCUT2D eigenvalue weighted by molar-refractivity contribution is 5.78. The van der Waals surface area contributed by atoms with E-state index in [1.165, 1.54) is 6.42 Å². The van der Waals surface area contributed by atoms with Crippen LogP contribution in [-0.4, -0.2) is 81.6 Å². The smallest absolute Gasteiger partial charge is 0.263 e. The molecule has 2 aliphatic heterocycles. The van der Waals surface area contributed by atoms with E-state index in [-0.39, 0.29) is 5.91 Å². The van der Waals surface area contributed by atoms with Gasteiger partial charge in [0.2, 0.25) is 11.7 Å². The first kappa shape index (κ1) is 20.6. The fourth-order valence-corrected chi connectivity index (χ4v) is 4.32. The van der Waals surface area contributed by atoms with Crippen molar-refractivity contribution < 1.29 is 9.32 Å². The van der Waals surface area contributed by atoms with E-state index in [0.717, 1.165) is 69.1 Å². The highest BCUT2D eigenvalue weighted by atomic mass is 16.5. The lowest BCUT2D eigenvalue weighted by atomic mass is 10.1. The second-order valence-electron chi connectivity index (χ2n) is 8.25. The molecular weight excluding hydrogens is 406 g/mol. The number of aromatic nitrogens is 4. The Morgan fingerprint density at radius 3 is 2.53 bits per heavy atom. The van der Waals surface area contributed by atoms with E-state index in [2.05, 4.69) is 29.9 Å². The van der Waals surface area contributed by atoms with Gasteiger partial charge in [-0.25, -0.2) is 9.97 Å². The van der Waals surface area contributed by atoms with Crippen LogP contribution in [-0.2, 0) is 4.79 Å². The van der Waals surface area contributed by atoms with Crippen LogP contribution in [0, 0.1) is 0 Å². The number of carbonyl (C=O) groups is 1. The third-order valence-electron chi connectivity index (χ3n) is 6.12. The zero-order valence-electron chi connectivity index (χ0n) is 18.1. The molecule has 32 heavy (non-hydrogen) atoms. The largest absolute Gasteiger partial charge is 0.353 e. The molecule has 0 aliphatic carbocycles. The molecule has 0 atom stereocenters. The maximum Gasteiger partial charge on any atom is 0.263 e. The van der Waals surface area contributed by atoms with Crippen LogP contribution in [0.4, 0.5) is 5.82 Å². The normalized spacial score (nSPS) is 17.5. The molecule has 9 nitrogen and oxygen atoms in total. The molecule has 2 saturated heterocycles. The number of rotatable bonds is 5. The second-order valence-corrected chi connectivity index (χ2v) is 8.25. The molecule has 2 fully saturated rings. The molecule has 3 aromatic rings. The predicted molar refractivity (Wildman–Crippen MR) is 120 cm³/mol. The molecule has 0 spiro atoms. The van der Waals surface area contributed by atoms with Crippen molar-refractivity contribution in [1.82, 2.24) is 29.9 Å². The number of likely N-dealkylation sites (tertiary alicyclic amines) is 1. The Kier molecular flexibility index (Phi) is 6.06. The molecular formula is C23H27N7O2. The van der Waals surface area contributed by atoms with Gasteiger partial charge < -0.3 is 14.3 Å². The van der Waals surface area contributed by atoms with E-state index in [1.54, 1.807) is 12.5 Å². The van der Waals surface area contributed by atoms with Gasteiger partial charge in [0, 0.05) is 51.0 Å². The summed E-state index contributed by atoms with van der Waals surface area (Å²) in [6.45, 7) is 5.46. The predicted octanol–water partition coefficient (Wildman–Crippen LogP) is 2.33. The number of hydrogen-bond acceptors (Lipinski definition) is 8. The van der Waals surface area contributed by atoms with Crippen molar-refractivity contribution >= 4 is 11.7 Å². The van der Waals surface area contributed by atoms with Crippen LogP contribution in [0.15, 0.2) is 47.4 Å². The molecule has 9 heteroatoms. The van der Waals surface area contributed by atoms with Crippen molar-refractivity contribution in [2.24, 2.45) is 0 Å². The Bertz CT molecular complexity index is 1040. The molecule has 0 saturated carbocycles. The Hall–Kier alpha value is -3.33. The van der Waals surface area contributed by atoms with E-state index in [4.69, 9.17) is 4.52 Å². The fourth-order valence-electron chi connectivity index (χ4n) is 4.32. The number of piperidine rings is 1. The lowest BCUT2D eigenvalue weighted by Crippen LogP contribution is -2.51. The van der Waals surface area contributed by atoms with Gasteiger partial charge in [-0.2, -0.15) is 4.98 Å². The monoisotopic (exact) mass is 433 g/mol. The summed E-state index contributed by atoms with van der Waals surface area (Å²) in [4.78, 5) is 32.3. The van der Waals surface area contributed by atoms with Gasteiger partial charge in [0.15, 0.2) is 0 Å². The van der Waals surface area contributed by atoms with Crippen molar-refractivity contribution in [2.75, 3.05) is 50.7 Å². The summed E-state index contributed by atoms with van der Waals surface area (Å²) < 4.78 is 5.55. The summed E-state index contributed by atoms with van der Waals surface area (Å²) in [6, 6.07) is 9.73. The molecule has 0 bridgehead atoms. The van der Waals surface area contributed by atoms with E-state index < -0.39 is 0 Å². The van der Waals surface area contributed by atoms with Crippen molar-refractivity contribution in [3.63, 3.8) is 0 Å². The fraction of sp³-hybridized carbons (Fsp3) is 0.435. The van der Waals surface area contributed by atoms with E-state index >= 15 is 0 Å². The number of carbonyl (C=O) groups excluding carboxylic acids is 1. The van der Waals surface area contributed by atoms with Crippen LogP contribution < -0.4 is 4.90 Å². The van der Waals surface area contributed by atoms with E-state index in [1.807, 2.05) is 35.2 Å². The minimum Gasteiger partial charge on any atom is -0.353 e. The van der Waals surface area contributed by atoms with Crippen LogP contribution in [0.25, 0.3) is 22.8 Å². The highest BCUT2D eigenvalue weighted by Crippen LogP contribution is 2.29. The first-order valence-corrected chi connectivity index (χ1v) is 11.2. The van der Waals surface area contributed by atoms with Crippen molar-refractivity contribution in [3.05, 3.63) is 42.9 Å². The van der Waals surface area contributed by atoms with Crippen LogP contribution in [0.2, 0.25) is 0 Å². The molecule has 0 radical (unpaired) electrons. The van der Waals surface area contributed by atoms with Crippen molar-refractivity contribution in [2.45, 2.75) is 19.3 Å². The quantitative estimate of drug-likeness (QED) is 0.605. The topological polar surface area (TPSA) is 91.5 Å². The average Bonchev–Trinajstić information content (AvgIpc) is 3.36. The number of anilines is 1. The number of piperazine rings is 1. The first-order valence-electron chi connectivity index (χ1n) is 11.2. The zero-order valence-corrected chi connectivity index (χ0v) is 18.1. The minimum atomic E-state index is 0.250. The number of nitrogens with zero attached hydrogens (tertiary/aromatic N) is 7. The first-order chi connectivity index (χ1) is 15.8. The third kappa shape index (κ3) is 4.47. The van der Waals surface area contributed by atoms with Gasteiger partial charge in [-0.1, -0.05) is 35.5 Å². The second kappa shape index (κ2) is 9.44. The molecule has 166 valence electrons. The SMILES string of the molecule is O=C(CN1CCN(c2ncncc2-c2nc(-c3ccccc3)no2)CC1)N1CCCCC1. The molecule has 2 aromatic heterocycles. The lowest BCUT2D eigenvalue weighted by molar-refractivity contribution is -0.133. The Morgan fingerprint density at radius 1 is 0.969 bits per heavy atom. The van der Waals surface area contributed by atoms with Gasteiger partial charge in [-0.15, -0.1) is 0 Å². The molecule has 2 aliphatic rings. The Morgan fingerprint density at radius 2 is 1.75 bits per heavy atom. The maximum absolute atomic E-state index is 12.6. The zero-order chi connectivity index (χ0) is 21.8. The molecule has 4 heterocycles. The van der Waals surface area contributed by atoms with Crippen molar-refractivity contribution in [3.8, 4) is 22.8 Å². The summed E-state index contributed by atoms with van der Waals surface area (Å²) in [5.41, 5.74) is 1.62. The van der Waals surface area contributed by atoms with Gasteiger partial charge in [0.1, 0.15) is 17.7 Å². The minimum absolute atomic E-state index is 0.250. The standard InChI is InChI=1S/C23H27N7O2/c31-20(29-9-5-2-6-10-29)16-28-11-13-30(14-12-28)22-19(15-24-17-25-22)23-26-21(27-32-23)18-7-3-1-4-8-18/h1,3-4,7-8,15,17H,2,5-6,9-14,16H2. The van der Waals surface area contributed by atoms with E-state index in [0.29, 0.717) is 18.3 Å². The molecule has 0 unspecified atom stereocenters. The van der Waals surface area contributed by atoms with E-state index in [9.17, 15) is 4.79 Å². The summed E-state index contributed by atoms with van der Waals surface area (Å²) >= 11 is 0. The Labute approximate surface area is 187 Å². The summed E-state index contributed by atoms with van der Waals surface area (Å²) in [7, 11) is 0. The van der Waals surface area contributed by atoms with Crippen LogP contribution in [0.3, 0.4) is 0 Å². The Balaban J connectivity index is 1.25. The molecule has 5 rings (SSSR count). The molecule has 0 N–H and O–H groups in total. The van der Waals surface area contributed by atoms with Gasteiger partial charge in [0.05, 0.1) is 6.54 Å². The number of amides is 1. The summed E-state index contributed by atoms with van der Waals surface area (Å²) in [6.07, 6.45) is 6.74. The van der Waals surface area contributed by atoms with Gasteiger partial charge in [-0.05, 0) is 19.3 Å². The highest BCUT2D eigenvalue weighted by Gasteiger charge is 2.26. The average molecular weight is 434 g/mol. The molecule has 1 aromatic carbocycles. The van der Waals surface area contributed by atoms with Crippen molar-refractivity contribution in [1.29, 1.82) is 0 Å². The van der Waals surface area contributed by atoms with Crippen LogP contribution in [0.5, 0.6) is 0 Å². The molecule has 1 amide bonds. The summed E-state index contributed by atoms with van der Waals surface area (Å²) in [5, 5.41) is 4.13. The maximum atomic E-state index is 12.6. The lowest BCUT2D eigenvalue weighted by Gasteiger charge is -2.36. The number of hydrogen-bond donors (Lipinski definition) is 0. The van der Waals surface area contributed by atoms with Crippen LogP contribution >= 0.6 is 0 Å². The number of benzene rings is 1. The third-order valence-corrected chi connectivity index (χ3v) is 6.12. The van der Waals surface area contributed by atoms with Gasteiger partial charge >= 0.3 is 0 Å². The van der Waals surface area contributed by atoms with Gasteiger partial charge in [0.25, 0.3) is 5.89 Å². The summed E-state index contributed by atoms with van der Waals surface area (Å²) in [5.74, 6) is 1.98. The van der Waals surface area contributed by atoms with Gasteiger partial charge in [-0.3, -0.25) is 9.69 Å². The van der Waals surface area contributed by atoms with Crippen LogP contribution in [0.1, 0.15) is 19.3 Å².